The lowest BCUT2D eigenvalue weighted by Crippen LogP contribution is -2.61. The number of aromatic nitrogens is 2. The number of fused-ring (bicyclic) bond motifs is 4. The third kappa shape index (κ3) is 9.21. The minimum atomic E-state index is -4.25. The summed E-state index contributed by atoms with van der Waals surface area (Å²) in [4.78, 5) is 67.7. The fourth-order valence-corrected chi connectivity index (χ4v) is 9.55. The summed E-state index contributed by atoms with van der Waals surface area (Å²) in [7, 11) is -2.71. The maximum absolute atomic E-state index is 14.9. The van der Waals surface area contributed by atoms with E-state index in [4.69, 9.17) is 24.2 Å². The molecular formula is C41H58F2N6O9S. The van der Waals surface area contributed by atoms with Gasteiger partial charge in [-0.2, -0.15) is 0 Å². The molecule has 2 aliphatic heterocycles. The molecule has 3 heterocycles. The van der Waals surface area contributed by atoms with Gasteiger partial charge in [0.2, 0.25) is 34.1 Å². The molecule has 6 rings (SSSR count). The van der Waals surface area contributed by atoms with Crippen LogP contribution in [0.2, 0.25) is 0 Å². The first-order valence-corrected chi connectivity index (χ1v) is 22.2. The highest BCUT2D eigenvalue weighted by atomic mass is 32.2. The minimum absolute atomic E-state index is 0.0848. The molecule has 0 radical (unpaired) electrons. The number of alkyl carbamates (subject to hydrolysis) is 1. The molecule has 4 amide bonds. The van der Waals surface area contributed by atoms with Crippen molar-refractivity contribution < 1.29 is 50.6 Å². The standard InChI is InChI=1S/C41H58F2N6O9S/c1-8-23-13-11-10-12-14-28-35(45-29-19-24(56-7)15-16-27(29)44-28)58-30-21-49(36(51)32(39(3,4)5)46-38(53)57-22-23)31(25(30)9-2)34(50)47-41(20-26(41)33(42)43)37(52)48-59(54,55)40(6)17-18-40/h15-16,19,23,25-26,30-33H,8-14,17-18,20-22H2,1-7H3,(H,46,53)(H,47,50)(H,48,52)/t23-,25-,26?,30+,31+,32-,41-/m1/s1. The number of sulfonamides is 1. The second-order valence-electron chi connectivity index (χ2n) is 17.9. The summed E-state index contributed by atoms with van der Waals surface area (Å²) in [6.07, 6.45) is 0.147. The molecule has 18 heteroatoms. The first-order chi connectivity index (χ1) is 27.8. The van der Waals surface area contributed by atoms with Gasteiger partial charge in [-0.1, -0.05) is 53.9 Å². The molecule has 0 spiro atoms. The summed E-state index contributed by atoms with van der Waals surface area (Å²) in [5.41, 5.74) is -1.47. The smallest absolute Gasteiger partial charge is 0.407 e. The summed E-state index contributed by atoms with van der Waals surface area (Å²) in [5.74, 6) is -4.47. The van der Waals surface area contributed by atoms with E-state index in [0.717, 1.165) is 32.1 Å². The van der Waals surface area contributed by atoms with Crippen LogP contribution in [0.5, 0.6) is 11.6 Å². The van der Waals surface area contributed by atoms with Gasteiger partial charge in [0.25, 0.3) is 5.91 Å². The first-order valence-electron chi connectivity index (χ1n) is 20.7. The molecule has 1 unspecified atom stereocenters. The summed E-state index contributed by atoms with van der Waals surface area (Å²) in [6, 6.07) is 2.69. The average Bonchev–Trinajstić information content (AvgIpc) is 4.08. The van der Waals surface area contributed by atoms with E-state index in [1.165, 1.54) is 18.9 Å². The number of alkyl halides is 2. The number of cyclic esters (lactones) is 1. The number of hydrogen-bond donors (Lipinski definition) is 3. The van der Waals surface area contributed by atoms with Crippen LogP contribution in [0.15, 0.2) is 18.2 Å². The molecule has 2 aromatic rings. The Labute approximate surface area is 344 Å². The molecule has 4 aliphatic rings. The SMILES string of the molecule is CC[C@@H]1CCCCCc2nc3ccc(OC)cc3nc2O[C@H]2CN(C(=O)[C@H](C(C)(C)C)NC(=O)OC1)[C@H](C(=O)N[C@]1(C(=O)NS(=O)(=O)C3(C)CC3)CC1C(F)F)[C@@H]2CC. The highest BCUT2D eigenvalue weighted by Gasteiger charge is 2.67. The van der Waals surface area contributed by atoms with Crippen LogP contribution in [0.4, 0.5) is 13.6 Å². The number of benzene rings is 1. The molecular weight excluding hydrogens is 791 g/mol. The van der Waals surface area contributed by atoms with Crippen molar-refractivity contribution in [1.29, 1.82) is 0 Å². The topological polar surface area (TPSA) is 195 Å². The normalized spacial score (nSPS) is 28.9. The largest absolute Gasteiger partial charge is 0.497 e. The number of nitrogens with zero attached hydrogens (tertiary/aromatic N) is 3. The van der Waals surface area contributed by atoms with Crippen LogP contribution in [0.3, 0.4) is 0 Å². The molecule has 59 heavy (non-hydrogen) atoms. The Balaban J connectivity index is 1.41. The lowest BCUT2D eigenvalue weighted by Gasteiger charge is -2.36. The summed E-state index contributed by atoms with van der Waals surface area (Å²) in [6.45, 7) is 10.5. The summed E-state index contributed by atoms with van der Waals surface area (Å²) >= 11 is 0. The van der Waals surface area contributed by atoms with Gasteiger partial charge in [-0.25, -0.2) is 32.0 Å². The second-order valence-corrected chi connectivity index (χ2v) is 20.1. The van der Waals surface area contributed by atoms with Crippen molar-refractivity contribution in [3.05, 3.63) is 23.9 Å². The van der Waals surface area contributed by atoms with Crippen molar-refractivity contribution in [3.8, 4) is 11.6 Å². The molecule has 3 N–H and O–H groups in total. The minimum Gasteiger partial charge on any atom is -0.497 e. The van der Waals surface area contributed by atoms with Crippen LogP contribution in [-0.4, -0.2) is 102 Å². The van der Waals surface area contributed by atoms with Crippen molar-refractivity contribution in [2.75, 3.05) is 20.3 Å². The van der Waals surface area contributed by atoms with Gasteiger partial charge in [0, 0.05) is 12.0 Å². The predicted molar refractivity (Wildman–Crippen MR) is 213 cm³/mol. The molecule has 1 aromatic carbocycles. The van der Waals surface area contributed by atoms with Crippen molar-refractivity contribution in [2.24, 2.45) is 23.2 Å². The number of aryl methyl sites for hydroxylation is 1. The number of carbonyl (C=O) groups excluding carboxylic acids is 4. The van der Waals surface area contributed by atoms with E-state index in [1.54, 1.807) is 45.9 Å². The number of methoxy groups -OCH3 is 1. The molecule has 7 atom stereocenters. The highest BCUT2D eigenvalue weighted by molar-refractivity contribution is 7.91. The lowest BCUT2D eigenvalue weighted by molar-refractivity contribution is -0.144. The van der Waals surface area contributed by atoms with Gasteiger partial charge in [0.1, 0.15) is 35.2 Å². The number of rotatable bonds is 9. The van der Waals surface area contributed by atoms with Crippen molar-refractivity contribution in [2.45, 2.75) is 141 Å². The number of ether oxygens (including phenoxy) is 3. The molecule has 2 bridgehead atoms. The van der Waals surface area contributed by atoms with E-state index in [9.17, 15) is 36.4 Å². The molecule has 2 saturated carbocycles. The van der Waals surface area contributed by atoms with Crippen molar-refractivity contribution in [3.63, 3.8) is 0 Å². The molecule has 1 aromatic heterocycles. The van der Waals surface area contributed by atoms with E-state index >= 15 is 0 Å². The van der Waals surface area contributed by atoms with Gasteiger partial charge in [0.05, 0.1) is 42.0 Å². The molecule has 15 nitrogen and oxygen atoms in total. The zero-order valence-corrected chi connectivity index (χ0v) is 35.8. The Bertz CT molecular complexity index is 2040. The number of hydrogen-bond acceptors (Lipinski definition) is 11. The molecule has 326 valence electrons. The Morgan fingerprint density at radius 3 is 2.42 bits per heavy atom. The van der Waals surface area contributed by atoms with E-state index in [1.807, 2.05) is 11.6 Å². The van der Waals surface area contributed by atoms with Gasteiger partial charge in [-0.05, 0) is 75.3 Å². The molecule has 3 fully saturated rings. The van der Waals surface area contributed by atoms with E-state index in [2.05, 4.69) is 10.6 Å². The first kappa shape index (κ1) is 44.2. The van der Waals surface area contributed by atoms with Gasteiger partial charge in [-0.15, -0.1) is 0 Å². The van der Waals surface area contributed by atoms with Crippen LogP contribution in [0.1, 0.15) is 105 Å². The van der Waals surface area contributed by atoms with E-state index < -0.39 is 92.4 Å². The van der Waals surface area contributed by atoms with Gasteiger partial charge < -0.3 is 29.7 Å². The van der Waals surface area contributed by atoms with Crippen LogP contribution in [-0.2, 0) is 35.6 Å². The summed E-state index contributed by atoms with van der Waals surface area (Å²) < 4.78 is 73.5. The highest BCUT2D eigenvalue weighted by Crippen LogP contribution is 2.50. The number of nitrogens with one attached hydrogen (secondary N) is 3. The Morgan fingerprint density at radius 1 is 1.08 bits per heavy atom. The molecule has 1 saturated heterocycles. The Kier molecular flexibility index (Phi) is 12.7. The number of halogens is 2. The van der Waals surface area contributed by atoms with Gasteiger partial charge in [0.15, 0.2) is 0 Å². The third-order valence-corrected chi connectivity index (χ3v) is 14.8. The zero-order valence-electron chi connectivity index (χ0n) is 34.9. The van der Waals surface area contributed by atoms with Crippen molar-refractivity contribution in [1.82, 2.24) is 30.2 Å². The van der Waals surface area contributed by atoms with Crippen molar-refractivity contribution >= 4 is 44.9 Å². The predicted octanol–water partition coefficient (Wildman–Crippen LogP) is 5.04. The second kappa shape index (κ2) is 17.0. The summed E-state index contributed by atoms with van der Waals surface area (Å²) in [5, 5.41) is 5.25. The van der Waals surface area contributed by atoms with Crippen LogP contribution in [0.25, 0.3) is 11.0 Å². The zero-order chi connectivity index (χ0) is 43.1. The third-order valence-electron chi connectivity index (χ3n) is 12.6. The van der Waals surface area contributed by atoms with E-state index in [-0.39, 0.29) is 31.4 Å². The van der Waals surface area contributed by atoms with E-state index in [0.29, 0.717) is 41.7 Å². The quantitative estimate of drug-likeness (QED) is 0.306. The Hall–Kier alpha value is -4.35. The lowest BCUT2D eigenvalue weighted by atomic mass is 9.85. The van der Waals surface area contributed by atoms with Gasteiger partial charge >= 0.3 is 6.09 Å². The average molecular weight is 849 g/mol. The maximum Gasteiger partial charge on any atom is 0.407 e. The van der Waals surface area contributed by atoms with Gasteiger partial charge in [-0.3, -0.25) is 19.1 Å². The van der Waals surface area contributed by atoms with Crippen LogP contribution < -0.4 is 24.8 Å². The number of amides is 4. The van der Waals surface area contributed by atoms with Crippen LogP contribution >= 0.6 is 0 Å². The fourth-order valence-electron chi connectivity index (χ4n) is 8.24. The number of carbonyl (C=O) groups is 4. The maximum atomic E-state index is 14.9. The fraction of sp³-hybridized carbons (Fsp3) is 0.707. The van der Waals surface area contributed by atoms with Crippen LogP contribution in [0, 0.1) is 23.2 Å². The monoisotopic (exact) mass is 848 g/mol. The Morgan fingerprint density at radius 2 is 1.81 bits per heavy atom. The molecule has 2 aliphatic carbocycles.